The van der Waals surface area contributed by atoms with Crippen LogP contribution >= 0.6 is 27.5 Å². The average molecular weight is 615 g/mol. The molecule has 3 aromatic carbocycles. The smallest absolute Gasteiger partial charge is 0.366 e. The molecule has 2 N–H and O–H groups in total. The molecule has 0 aliphatic heterocycles. The largest absolute Gasteiger partial charge is 0.417 e. The van der Waals surface area contributed by atoms with Gasteiger partial charge < -0.3 is 10.6 Å². The zero-order valence-electron chi connectivity index (χ0n) is 20.1. The summed E-state index contributed by atoms with van der Waals surface area (Å²) in [7, 11) is 0. The molecule has 0 radical (unpaired) electrons. The first-order valence-corrected chi connectivity index (χ1v) is 12.9. The second kappa shape index (κ2) is 11.1. The molecule has 0 aliphatic rings. The van der Waals surface area contributed by atoms with Gasteiger partial charge in [0, 0.05) is 29.7 Å². The Kier molecular flexibility index (Phi) is 7.58. The van der Waals surface area contributed by atoms with Crippen LogP contribution in [-0.4, -0.2) is 20.5 Å². The quantitative estimate of drug-likeness (QED) is 0.201. The second-order valence-corrected chi connectivity index (χ2v) is 9.89. The summed E-state index contributed by atoms with van der Waals surface area (Å²) in [6, 6.07) is 21.4. The molecule has 5 rings (SSSR count). The van der Waals surface area contributed by atoms with Gasteiger partial charge in [0.2, 0.25) is 0 Å². The van der Waals surface area contributed by atoms with E-state index in [-0.39, 0.29) is 6.54 Å². The summed E-state index contributed by atoms with van der Waals surface area (Å²) in [4.78, 5) is 17.1. The number of carbonyl (C=O) groups is 1. The van der Waals surface area contributed by atoms with E-state index in [1.54, 1.807) is 16.8 Å². The van der Waals surface area contributed by atoms with Gasteiger partial charge in [0.25, 0.3) is 5.91 Å². The van der Waals surface area contributed by atoms with Gasteiger partial charge >= 0.3 is 6.18 Å². The van der Waals surface area contributed by atoms with E-state index in [0.717, 1.165) is 33.3 Å². The fourth-order valence-electron chi connectivity index (χ4n) is 4.04. The summed E-state index contributed by atoms with van der Waals surface area (Å²) < 4.78 is 42.1. The van der Waals surface area contributed by atoms with Crippen LogP contribution in [0.25, 0.3) is 16.9 Å². The molecule has 198 valence electrons. The van der Waals surface area contributed by atoms with E-state index in [4.69, 9.17) is 16.6 Å². The molecule has 0 saturated carbocycles. The molecule has 11 heteroatoms. The zero-order valence-corrected chi connectivity index (χ0v) is 22.5. The van der Waals surface area contributed by atoms with Gasteiger partial charge in [0.1, 0.15) is 5.82 Å². The molecule has 6 nitrogen and oxygen atoms in total. The first kappa shape index (κ1) is 26.7. The number of aromatic nitrogens is 3. The predicted octanol–water partition coefficient (Wildman–Crippen LogP) is 7.37. The average Bonchev–Trinajstić information content (AvgIpc) is 3.31. The van der Waals surface area contributed by atoms with E-state index in [0.29, 0.717) is 28.7 Å². The van der Waals surface area contributed by atoms with Crippen LogP contribution in [-0.2, 0) is 19.3 Å². The van der Waals surface area contributed by atoms with Gasteiger partial charge in [0.15, 0.2) is 5.65 Å². The van der Waals surface area contributed by atoms with Crippen molar-refractivity contribution < 1.29 is 18.0 Å². The predicted molar refractivity (Wildman–Crippen MR) is 148 cm³/mol. The van der Waals surface area contributed by atoms with Gasteiger partial charge in [-0.3, -0.25) is 4.79 Å². The van der Waals surface area contributed by atoms with Crippen molar-refractivity contribution in [2.75, 3.05) is 5.32 Å². The molecule has 39 heavy (non-hydrogen) atoms. The minimum atomic E-state index is -4.61. The minimum Gasteiger partial charge on any atom is -0.366 e. The monoisotopic (exact) mass is 613 g/mol. The van der Waals surface area contributed by atoms with E-state index in [1.165, 1.54) is 12.1 Å². The van der Waals surface area contributed by atoms with Gasteiger partial charge in [-0.2, -0.15) is 22.8 Å². The van der Waals surface area contributed by atoms with Gasteiger partial charge in [-0.1, -0.05) is 66.2 Å². The third-order valence-electron chi connectivity index (χ3n) is 6.01. The lowest BCUT2D eigenvalue weighted by atomic mass is 10.1. The van der Waals surface area contributed by atoms with Crippen molar-refractivity contribution >= 4 is 44.9 Å². The maximum absolute atomic E-state index is 13.2. The van der Waals surface area contributed by atoms with Gasteiger partial charge in [0.05, 0.1) is 27.5 Å². The molecule has 0 aliphatic carbocycles. The summed E-state index contributed by atoms with van der Waals surface area (Å²) in [5.41, 5.74) is 2.44. The lowest BCUT2D eigenvalue weighted by Gasteiger charge is -2.13. The lowest BCUT2D eigenvalue weighted by Crippen LogP contribution is -2.25. The van der Waals surface area contributed by atoms with Crippen LogP contribution in [0.5, 0.6) is 0 Å². The van der Waals surface area contributed by atoms with Crippen LogP contribution < -0.4 is 10.6 Å². The van der Waals surface area contributed by atoms with Gasteiger partial charge in [-0.05, 0) is 45.3 Å². The van der Waals surface area contributed by atoms with E-state index < -0.39 is 23.2 Å². The Morgan fingerprint density at radius 3 is 2.33 bits per heavy atom. The number of fused-ring (bicyclic) bond motifs is 1. The number of rotatable bonds is 7. The first-order valence-electron chi connectivity index (χ1n) is 11.8. The summed E-state index contributed by atoms with van der Waals surface area (Å²) in [6.45, 7) is 0.552. The normalized spacial score (nSPS) is 11.5. The first-order chi connectivity index (χ1) is 18.7. The SMILES string of the molecule is O=C(NCc1ccc(CNc2cc(-c3ccccc3Cl)nc3c(Br)cnn23)cc1)c1ccccc1C(F)(F)F. The Balaban J connectivity index is 1.28. The van der Waals surface area contributed by atoms with Crippen molar-refractivity contribution in [3.63, 3.8) is 0 Å². The fourth-order valence-corrected chi connectivity index (χ4v) is 4.62. The molecule has 0 atom stereocenters. The molecule has 5 aromatic rings. The molecule has 0 bridgehead atoms. The van der Waals surface area contributed by atoms with Crippen LogP contribution in [0.2, 0.25) is 5.02 Å². The number of anilines is 1. The van der Waals surface area contributed by atoms with Crippen molar-refractivity contribution in [3.05, 3.63) is 117 Å². The molecule has 2 aromatic heterocycles. The molecule has 0 unspecified atom stereocenters. The topological polar surface area (TPSA) is 71.3 Å². The van der Waals surface area contributed by atoms with Crippen molar-refractivity contribution in [1.29, 1.82) is 0 Å². The molecule has 2 heterocycles. The maximum Gasteiger partial charge on any atom is 0.417 e. The number of nitrogens with one attached hydrogen (secondary N) is 2. The standard InChI is InChI=1S/C28H20BrClF3N5O/c29-22-16-36-38-25(13-24(37-26(22)38)20-6-2-4-8-23(20)30)34-14-17-9-11-18(12-10-17)15-35-27(39)19-5-1-3-7-21(19)28(31,32)33/h1-13,16,34H,14-15H2,(H,35,39). The highest BCUT2D eigenvalue weighted by molar-refractivity contribution is 9.10. The molecule has 0 spiro atoms. The number of amides is 1. The Labute approximate surface area is 235 Å². The van der Waals surface area contributed by atoms with Gasteiger partial charge in [-0.15, -0.1) is 0 Å². The third-order valence-corrected chi connectivity index (χ3v) is 6.89. The lowest BCUT2D eigenvalue weighted by molar-refractivity contribution is -0.137. The van der Waals surface area contributed by atoms with Crippen LogP contribution in [0.4, 0.5) is 19.0 Å². The van der Waals surface area contributed by atoms with Crippen LogP contribution in [0.1, 0.15) is 27.0 Å². The number of carbonyl (C=O) groups excluding carboxylic acids is 1. The van der Waals surface area contributed by atoms with Crippen LogP contribution in [0.3, 0.4) is 0 Å². The van der Waals surface area contributed by atoms with Crippen molar-refractivity contribution in [1.82, 2.24) is 19.9 Å². The highest BCUT2D eigenvalue weighted by Crippen LogP contribution is 2.32. The Morgan fingerprint density at radius 1 is 0.949 bits per heavy atom. The van der Waals surface area contributed by atoms with E-state index in [1.807, 2.05) is 48.5 Å². The highest BCUT2D eigenvalue weighted by atomic mass is 79.9. The molecular formula is C28H20BrClF3N5O. The Bertz CT molecular complexity index is 1650. The summed E-state index contributed by atoms with van der Waals surface area (Å²) in [6.07, 6.45) is -2.94. The fraction of sp³-hybridized carbons (Fsp3) is 0.107. The number of hydrogen-bond donors (Lipinski definition) is 2. The second-order valence-electron chi connectivity index (χ2n) is 8.63. The summed E-state index contributed by atoms with van der Waals surface area (Å²) in [5.74, 6) is -0.0737. The number of nitrogens with zero attached hydrogens (tertiary/aromatic N) is 3. The Morgan fingerprint density at radius 2 is 1.62 bits per heavy atom. The Hall–Kier alpha value is -3.89. The summed E-state index contributed by atoms with van der Waals surface area (Å²) in [5, 5.41) is 10.9. The number of halogens is 5. The van der Waals surface area contributed by atoms with E-state index in [9.17, 15) is 18.0 Å². The number of alkyl halides is 3. The third kappa shape index (κ3) is 5.91. The number of hydrogen-bond acceptors (Lipinski definition) is 4. The number of benzene rings is 3. The molecule has 1 amide bonds. The molecular weight excluding hydrogens is 595 g/mol. The van der Waals surface area contributed by atoms with E-state index in [2.05, 4.69) is 31.7 Å². The van der Waals surface area contributed by atoms with Crippen LogP contribution in [0.15, 0.2) is 89.5 Å². The highest BCUT2D eigenvalue weighted by Gasteiger charge is 2.34. The van der Waals surface area contributed by atoms with Crippen molar-refractivity contribution in [3.8, 4) is 11.3 Å². The van der Waals surface area contributed by atoms with Crippen molar-refractivity contribution in [2.24, 2.45) is 0 Å². The van der Waals surface area contributed by atoms with E-state index >= 15 is 0 Å². The van der Waals surface area contributed by atoms with Gasteiger partial charge in [-0.25, -0.2) is 4.98 Å². The maximum atomic E-state index is 13.2. The summed E-state index contributed by atoms with van der Waals surface area (Å²) >= 11 is 9.89. The zero-order chi connectivity index (χ0) is 27.6. The molecule has 0 saturated heterocycles. The minimum absolute atomic E-state index is 0.0895. The van der Waals surface area contributed by atoms with Crippen LogP contribution in [0, 0.1) is 0 Å². The molecule has 0 fully saturated rings. The van der Waals surface area contributed by atoms with Crippen molar-refractivity contribution in [2.45, 2.75) is 19.3 Å².